The Kier molecular flexibility index (Phi) is 2.30. The normalized spacial score (nSPS) is 10.7. The minimum atomic E-state index is -1.08. The molecule has 2 aromatic heterocycles. The van der Waals surface area contributed by atoms with E-state index in [9.17, 15) is 4.79 Å². The van der Waals surface area contributed by atoms with Crippen LogP contribution in [0.1, 0.15) is 10.4 Å². The number of nitrogens with zero attached hydrogens (tertiary/aromatic N) is 2. The molecule has 0 amide bonds. The summed E-state index contributed by atoms with van der Waals surface area (Å²) in [6.07, 6.45) is 2.81. The van der Waals surface area contributed by atoms with Gasteiger partial charge in [0.25, 0.3) is 0 Å². The van der Waals surface area contributed by atoms with Gasteiger partial charge in [-0.2, -0.15) is 0 Å². The Bertz CT molecular complexity index is 719. The number of rotatable bonds is 2. The number of fused-ring (bicyclic) bond motifs is 1. The number of pyridine rings is 1. The molecule has 0 fully saturated rings. The lowest BCUT2D eigenvalue weighted by Gasteiger charge is -1.96. The van der Waals surface area contributed by atoms with Gasteiger partial charge in [-0.1, -0.05) is 35.5 Å². The fraction of sp³-hybridized carbons (Fsp3) is 0. The summed E-state index contributed by atoms with van der Waals surface area (Å²) >= 11 is 0. The van der Waals surface area contributed by atoms with Gasteiger partial charge in [0, 0.05) is 18.0 Å². The topological polar surface area (TPSA) is 76.2 Å². The molecular formula is C13H8N2O3. The average molecular weight is 240 g/mol. The van der Waals surface area contributed by atoms with Crippen molar-refractivity contribution in [1.29, 1.82) is 0 Å². The molecule has 0 aliphatic carbocycles. The number of hydrogen-bond donors (Lipinski definition) is 1. The van der Waals surface area contributed by atoms with E-state index < -0.39 is 5.97 Å². The van der Waals surface area contributed by atoms with Crippen molar-refractivity contribution >= 4 is 16.9 Å². The van der Waals surface area contributed by atoms with Crippen LogP contribution in [0, 0.1) is 0 Å². The highest BCUT2D eigenvalue weighted by Crippen LogP contribution is 2.28. The molecule has 18 heavy (non-hydrogen) atoms. The number of aromatic nitrogens is 2. The number of carboxylic acid groups (broad SMARTS) is 1. The number of aromatic carboxylic acids is 1. The minimum Gasteiger partial charge on any atom is -0.477 e. The zero-order chi connectivity index (χ0) is 12.5. The van der Waals surface area contributed by atoms with Crippen LogP contribution < -0.4 is 0 Å². The van der Waals surface area contributed by atoms with Crippen molar-refractivity contribution in [3.8, 4) is 11.3 Å². The lowest BCUT2D eigenvalue weighted by molar-refractivity contribution is 0.0697. The van der Waals surface area contributed by atoms with E-state index in [0.717, 1.165) is 5.56 Å². The van der Waals surface area contributed by atoms with Gasteiger partial charge in [-0.15, -0.1) is 0 Å². The molecule has 0 atom stereocenters. The van der Waals surface area contributed by atoms with Crippen molar-refractivity contribution in [3.05, 3.63) is 48.3 Å². The maximum absolute atomic E-state index is 11.0. The van der Waals surface area contributed by atoms with E-state index >= 15 is 0 Å². The van der Waals surface area contributed by atoms with Crippen LogP contribution in [0.4, 0.5) is 0 Å². The van der Waals surface area contributed by atoms with Gasteiger partial charge in [-0.05, 0) is 0 Å². The van der Waals surface area contributed by atoms with Crippen molar-refractivity contribution in [3.63, 3.8) is 0 Å². The lowest BCUT2D eigenvalue weighted by Crippen LogP contribution is -1.97. The van der Waals surface area contributed by atoms with Crippen LogP contribution in [0.5, 0.6) is 0 Å². The Balaban J connectivity index is 2.28. The molecule has 0 spiro atoms. The van der Waals surface area contributed by atoms with Crippen LogP contribution in [0.2, 0.25) is 0 Å². The van der Waals surface area contributed by atoms with Crippen molar-refractivity contribution in [2.75, 3.05) is 0 Å². The highest BCUT2D eigenvalue weighted by molar-refractivity contribution is 6.03. The first kappa shape index (κ1) is 10.5. The van der Waals surface area contributed by atoms with E-state index in [4.69, 9.17) is 9.63 Å². The molecule has 0 bridgehead atoms. The predicted molar refractivity (Wildman–Crippen MR) is 64.2 cm³/mol. The zero-order valence-electron chi connectivity index (χ0n) is 9.20. The quantitative estimate of drug-likeness (QED) is 0.745. The summed E-state index contributed by atoms with van der Waals surface area (Å²) in [7, 11) is 0. The van der Waals surface area contributed by atoms with Crippen molar-refractivity contribution in [2.24, 2.45) is 0 Å². The second-order valence-corrected chi connectivity index (χ2v) is 3.77. The standard InChI is InChI=1S/C13H8N2O3/c16-13(17)10-7-14-6-9-11(15-18-12(9)10)8-4-2-1-3-5-8/h1-7H,(H,16,17). The van der Waals surface area contributed by atoms with Gasteiger partial charge in [0.15, 0.2) is 5.58 Å². The average Bonchev–Trinajstić information content (AvgIpc) is 2.83. The summed E-state index contributed by atoms with van der Waals surface area (Å²) in [4.78, 5) is 14.9. The summed E-state index contributed by atoms with van der Waals surface area (Å²) < 4.78 is 5.13. The van der Waals surface area contributed by atoms with E-state index in [1.807, 2.05) is 30.3 Å². The number of benzene rings is 1. The molecule has 5 nitrogen and oxygen atoms in total. The van der Waals surface area contributed by atoms with Crippen LogP contribution in [-0.2, 0) is 0 Å². The third kappa shape index (κ3) is 1.53. The van der Waals surface area contributed by atoms with Crippen LogP contribution >= 0.6 is 0 Å². The van der Waals surface area contributed by atoms with Crippen LogP contribution in [-0.4, -0.2) is 21.2 Å². The molecule has 0 unspecified atom stereocenters. The highest BCUT2D eigenvalue weighted by atomic mass is 16.5. The Hall–Kier alpha value is -2.69. The second-order valence-electron chi connectivity index (χ2n) is 3.77. The van der Waals surface area contributed by atoms with Gasteiger partial charge >= 0.3 is 5.97 Å². The largest absolute Gasteiger partial charge is 0.477 e. The monoisotopic (exact) mass is 240 g/mol. The molecule has 88 valence electrons. The molecule has 0 aliphatic rings. The van der Waals surface area contributed by atoms with E-state index in [1.54, 1.807) is 6.20 Å². The predicted octanol–water partition coefficient (Wildman–Crippen LogP) is 2.59. The Morgan fingerprint density at radius 1 is 1.17 bits per heavy atom. The van der Waals surface area contributed by atoms with Gasteiger partial charge in [-0.25, -0.2) is 4.79 Å². The molecule has 0 saturated carbocycles. The number of carbonyl (C=O) groups is 1. The molecule has 0 aliphatic heterocycles. The SMILES string of the molecule is O=C(O)c1cncc2c(-c3ccccc3)noc12. The minimum absolute atomic E-state index is 0.0159. The number of hydrogen-bond acceptors (Lipinski definition) is 4. The van der Waals surface area contributed by atoms with Gasteiger partial charge in [0.2, 0.25) is 0 Å². The van der Waals surface area contributed by atoms with E-state index in [-0.39, 0.29) is 11.1 Å². The van der Waals surface area contributed by atoms with Gasteiger partial charge in [0.1, 0.15) is 11.3 Å². The summed E-state index contributed by atoms with van der Waals surface area (Å²) in [5.74, 6) is -1.08. The molecule has 0 radical (unpaired) electrons. The number of carboxylic acids is 1. The lowest BCUT2D eigenvalue weighted by atomic mass is 10.1. The Morgan fingerprint density at radius 3 is 2.67 bits per heavy atom. The molecule has 2 heterocycles. The van der Waals surface area contributed by atoms with Gasteiger partial charge < -0.3 is 9.63 Å². The molecule has 1 aromatic carbocycles. The third-order valence-electron chi connectivity index (χ3n) is 2.66. The van der Waals surface area contributed by atoms with Crippen LogP contribution in [0.3, 0.4) is 0 Å². The fourth-order valence-corrected chi connectivity index (χ4v) is 1.81. The first-order valence-corrected chi connectivity index (χ1v) is 5.29. The van der Waals surface area contributed by atoms with Crippen molar-refractivity contribution < 1.29 is 14.4 Å². The van der Waals surface area contributed by atoms with E-state index in [2.05, 4.69) is 10.1 Å². The maximum Gasteiger partial charge on any atom is 0.341 e. The molecular weight excluding hydrogens is 232 g/mol. The summed E-state index contributed by atoms with van der Waals surface area (Å²) in [5.41, 5.74) is 1.72. The molecule has 1 N–H and O–H groups in total. The van der Waals surface area contributed by atoms with Crippen molar-refractivity contribution in [1.82, 2.24) is 10.1 Å². The fourth-order valence-electron chi connectivity index (χ4n) is 1.81. The van der Waals surface area contributed by atoms with Gasteiger partial charge in [0.05, 0.1) is 5.39 Å². The summed E-state index contributed by atoms with van der Waals surface area (Å²) in [6, 6.07) is 9.41. The summed E-state index contributed by atoms with van der Waals surface area (Å²) in [6.45, 7) is 0. The van der Waals surface area contributed by atoms with E-state index in [0.29, 0.717) is 11.1 Å². The highest BCUT2D eigenvalue weighted by Gasteiger charge is 2.17. The molecule has 5 heteroatoms. The smallest absolute Gasteiger partial charge is 0.341 e. The second kappa shape index (κ2) is 3.96. The molecule has 0 saturated heterocycles. The van der Waals surface area contributed by atoms with Crippen molar-refractivity contribution in [2.45, 2.75) is 0 Å². The molecule has 3 aromatic rings. The zero-order valence-corrected chi connectivity index (χ0v) is 9.20. The van der Waals surface area contributed by atoms with Crippen LogP contribution in [0.25, 0.3) is 22.2 Å². The summed E-state index contributed by atoms with van der Waals surface area (Å²) in [5, 5.41) is 13.6. The van der Waals surface area contributed by atoms with Gasteiger partial charge in [-0.3, -0.25) is 4.98 Å². The first-order chi connectivity index (χ1) is 8.77. The molecule has 3 rings (SSSR count). The Morgan fingerprint density at radius 2 is 1.94 bits per heavy atom. The van der Waals surface area contributed by atoms with Crippen LogP contribution in [0.15, 0.2) is 47.2 Å². The van der Waals surface area contributed by atoms with E-state index in [1.165, 1.54) is 6.20 Å². The third-order valence-corrected chi connectivity index (χ3v) is 2.66. The Labute approximate surface area is 102 Å². The maximum atomic E-state index is 11.0. The first-order valence-electron chi connectivity index (χ1n) is 5.29.